The van der Waals surface area contributed by atoms with Crippen molar-refractivity contribution in [3.05, 3.63) is 38.9 Å². The molecule has 2 N–H and O–H groups in total. The van der Waals surface area contributed by atoms with E-state index in [1.165, 1.54) is 0 Å². The van der Waals surface area contributed by atoms with Crippen molar-refractivity contribution in [1.82, 2.24) is 9.97 Å². The zero-order valence-corrected chi connectivity index (χ0v) is 13.8. The highest BCUT2D eigenvalue weighted by atomic mass is 79.9. The molecule has 1 aromatic carbocycles. The van der Waals surface area contributed by atoms with E-state index in [0.717, 1.165) is 32.6 Å². The number of rotatable bonds is 4. The molecule has 0 spiro atoms. The average Bonchev–Trinajstić information content (AvgIpc) is 2.37. The van der Waals surface area contributed by atoms with Crippen molar-refractivity contribution in [2.45, 2.75) is 13.8 Å². The number of hydrogen-bond donors (Lipinski definition) is 2. The Morgan fingerprint density at radius 2 is 2.05 bits per heavy atom. The highest BCUT2D eigenvalue weighted by molar-refractivity contribution is 9.10. The van der Waals surface area contributed by atoms with Crippen LogP contribution in [0.25, 0.3) is 0 Å². The molecule has 0 bridgehead atoms. The maximum absolute atomic E-state index is 4.43. The Bertz CT molecular complexity index is 587. The maximum Gasteiger partial charge on any atom is 0.224 e. The van der Waals surface area contributed by atoms with Crippen LogP contribution in [0.2, 0.25) is 0 Å². The Morgan fingerprint density at radius 3 is 2.74 bits per heavy atom. The molecular formula is C13H14Br2N4. The van der Waals surface area contributed by atoms with Gasteiger partial charge in [0.25, 0.3) is 0 Å². The Kier molecular flexibility index (Phi) is 4.76. The highest BCUT2D eigenvalue weighted by Crippen LogP contribution is 2.27. The van der Waals surface area contributed by atoms with Gasteiger partial charge in [-0.15, -0.1) is 0 Å². The van der Waals surface area contributed by atoms with E-state index in [0.29, 0.717) is 5.95 Å². The van der Waals surface area contributed by atoms with E-state index in [9.17, 15) is 0 Å². The Labute approximate surface area is 129 Å². The first-order valence-corrected chi connectivity index (χ1v) is 7.48. The van der Waals surface area contributed by atoms with Gasteiger partial charge in [0.05, 0.1) is 4.47 Å². The van der Waals surface area contributed by atoms with Gasteiger partial charge in [-0.1, -0.05) is 15.9 Å². The predicted molar refractivity (Wildman–Crippen MR) is 86.1 cm³/mol. The molecule has 0 radical (unpaired) electrons. The number of aromatic nitrogens is 2. The van der Waals surface area contributed by atoms with E-state index in [1.807, 2.05) is 26.0 Å². The molecule has 100 valence electrons. The lowest BCUT2D eigenvalue weighted by Gasteiger charge is -2.11. The number of nitrogens with one attached hydrogen (secondary N) is 2. The third-order valence-corrected chi connectivity index (χ3v) is 3.59. The van der Waals surface area contributed by atoms with Gasteiger partial charge in [0.1, 0.15) is 5.82 Å². The molecule has 1 heterocycles. The molecule has 4 nitrogen and oxygen atoms in total. The van der Waals surface area contributed by atoms with Crippen molar-refractivity contribution in [3.8, 4) is 0 Å². The average molecular weight is 386 g/mol. The van der Waals surface area contributed by atoms with Gasteiger partial charge in [-0.3, -0.25) is 0 Å². The van der Waals surface area contributed by atoms with Crippen LogP contribution < -0.4 is 10.6 Å². The predicted octanol–water partition coefficient (Wildman–Crippen LogP) is 4.49. The number of nitrogens with zero attached hydrogens (tertiary/aromatic N) is 2. The highest BCUT2D eigenvalue weighted by Gasteiger charge is 2.07. The smallest absolute Gasteiger partial charge is 0.224 e. The number of anilines is 3. The van der Waals surface area contributed by atoms with Crippen LogP contribution in [-0.2, 0) is 0 Å². The summed E-state index contributed by atoms with van der Waals surface area (Å²) < 4.78 is 1.89. The molecule has 19 heavy (non-hydrogen) atoms. The minimum Gasteiger partial charge on any atom is -0.354 e. The van der Waals surface area contributed by atoms with E-state index < -0.39 is 0 Å². The summed E-state index contributed by atoms with van der Waals surface area (Å²) in [6.45, 7) is 4.85. The minimum atomic E-state index is 0.614. The van der Waals surface area contributed by atoms with Crippen LogP contribution in [0.5, 0.6) is 0 Å². The van der Waals surface area contributed by atoms with Crippen LogP contribution in [0.15, 0.2) is 33.3 Å². The van der Waals surface area contributed by atoms with Gasteiger partial charge < -0.3 is 10.6 Å². The molecule has 2 rings (SSSR count). The molecule has 0 saturated heterocycles. The van der Waals surface area contributed by atoms with Crippen LogP contribution in [0.1, 0.15) is 12.5 Å². The summed E-state index contributed by atoms with van der Waals surface area (Å²) >= 11 is 6.91. The standard InChI is InChI=1S/C13H14Br2N4/c1-3-16-13-17-7-10(15)12(19-13)18-11-5-4-9(14)6-8(11)2/h4-7H,3H2,1-2H3,(H2,16,17,18,19). The van der Waals surface area contributed by atoms with Crippen LogP contribution in [-0.4, -0.2) is 16.5 Å². The molecule has 0 fully saturated rings. The van der Waals surface area contributed by atoms with Crippen LogP contribution in [0.3, 0.4) is 0 Å². The van der Waals surface area contributed by atoms with Crippen LogP contribution >= 0.6 is 31.9 Å². The fraction of sp³-hybridized carbons (Fsp3) is 0.231. The van der Waals surface area contributed by atoms with Crippen LogP contribution in [0.4, 0.5) is 17.5 Å². The number of aryl methyl sites for hydroxylation is 1. The first-order chi connectivity index (χ1) is 9.10. The second-order valence-electron chi connectivity index (χ2n) is 4.00. The number of halogens is 2. The molecular weight excluding hydrogens is 372 g/mol. The van der Waals surface area contributed by atoms with Gasteiger partial charge >= 0.3 is 0 Å². The fourth-order valence-corrected chi connectivity index (χ4v) is 2.36. The summed E-state index contributed by atoms with van der Waals surface area (Å²) in [6.07, 6.45) is 1.74. The topological polar surface area (TPSA) is 49.8 Å². The lowest BCUT2D eigenvalue weighted by atomic mass is 10.2. The number of benzene rings is 1. The lowest BCUT2D eigenvalue weighted by molar-refractivity contribution is 1.08. The van der Waals surface area contributed by atoms with E-state index in [1.54, 1.807) is 6.20 Å². The first kappa shape index (κ1) is 14.3. The van der Waals surface area contributed by atoms with Gasteiger partial charge in [-0.2, -0.15) is 4.98 Å². The van der Waals surface area contributed by atoms with E-state index in [4.69, 9.17) is 0 Å². The zero-order chi connectivity index (χ0) is 13.8. The largest absolute Gasteiger partial charge is 0.354 e. The normalized spacial score (nSPS) is 10.3. The molecule has 0 atom stereocenters. The second-order valence-corrected chi connectivity index (χ2v) is 5.77. The van der Waals surface area contributed by atoms with Crippen molar-refractivity contribution in [3.63, 3.8) is 0 Å². The summed E-state index contributed by atoms with van der Waals surface area (Å²) in [6, 6.07) is 6.07. The van der Waals surface area contributed by atoms with Gasteiger partial charge in [0, 0.05) is 22.9 Å². The zero-order valence-electron chi connectivity index (χ0n) is 10.7. The molecule has 0 aliphatic rings. The second kappa shape index (κ2) is 6.34. The molecule has 0 aliphatic carbocycles. The van der Waals surface area contributed by atoms with Gasteiger partial charge in [-0.25, -0.2) is 4.98 Å². The summed E-state index contributed by atoms with van der Waals surface area (Å²) in [5.41, 5.74) is 2.16. The third-order valence-electron chi connectivity index (χ3n) is 2.52. The Balaban J connectivity index is 2.29. The quantitative estimate of drug-likeness (QED) is 0.814. The van der Waals surface area contributed by atoms with Crippen molar-refractivity contribution in [2.24, 2.45) is 0 Å². The Hall–Kier alpha value is -1.14. The van der Waals surface area contributed by atoms with E-state index in [2.05, 4.69) is 58.5 Å². The molecule has 2 aromatic rings. The maximum atomic E-state index is 4.43. The summed E-state index contributed by atoms with van der Waals surface area (Å²) in [7, 11) is 0. The van der Waals surface area contributed by atoms with Gasteiger partial charge in [0.15, 0.2) is 0 Å². The van der Waals surface area contributed by atoms with Gasteiger partial charge in [0.2, 0.25) is 5.95 Å². The van der Waals surface area contributed by atoms with Crippen molar-refractivity contribution in [1.29, 1.82) is 0 Å². The third kappa shape index (κ3) is 3.67. The lowest BCUT2D eigenvalue weighted by Crippen LogP contribution is -2.05. The summed E-state index contributed by atoms with van der Waals surface area (Å²) in [5.74, 6) is 1.36. The van der Waals surface area contributed by atoms with Crippen molar-refractivity contribution in [2.75, 3.05) is 17.2 Å². The molecule has 0 unspecified atom stereocenters. The minimum absolute atomic E-state index is 0.614. The molecule has 1 aromatic heterocycles. The van der Waals surface area contributed by atoms with E-state index in [-0.39, 0.29) is 0 Å². The van der Waals surface area contributed by atoms with Gasteiger partial charge in [-0.05, 0) is 53.5 Å². The summed E-state index contributed by atoms with van der Waals surface area (Å²) in [4.78, 5) is 8.62. The first-order valence-electron chi connectivity index (χ1n) is 5.89. The Morgan fingerprint density at radius 1 is 1.26 bits per heavy atom. The van der Waals surface area contributed by atoms with Crippen molar-refractivity contribution >= 4 is 49.3 Å². The molecule has 0 amide bonds. The monoisotopic (exact) mass is 384 g/mol. The molecule has 0 aliphatic heterocycles. The van der Waals surface area contributed by atoms with E-state index >= 15 is 0 Å². The van der Waals surface area contributed by atoms with Crippen LogP contribution in [0, 0.1) is 6.92 Å². The summed E-state index contributed by atoms with van der Waals surface area (Å²) in [5, 5.41) is 6.40. The fourth-order valence-electron chi connectivity index (χ4n) is 1.59. The molecule has 0 saturated carbocycles. The number of hydrogen-bond acceptors (Lipinski definition) is 4. The van der Waals surface area contributed by atoms with Crippen molar-refractivity contribution < 1.29 is 0 Å². The SMILES string of the molecule is CCNc1ncc(Br)c(Nc2ccc(Br)cc2C)n1. The molecule has 6 heteroatoms.